The van der Waals surface area contributed by atoms with Crippen LogP contribution in [0.15, 0.2) is 30.3 Å². The number of amides is 2. The van der Waals surface area contributed by atoms with Crippen molar-refractivity contribution in [3.8, 4) is 0 Å². The van der Waals surface area contributed by atoms with E-state index in [2.05, 4.69) is 10.6 Å². The summed E-state index contributed by atoms with van der Waals surface area (Å²) < 4.78 is 0. The average Bonchev–Trinajstić information content (AvgIpc) is 2.60. The minimum Gasteiger partial charge on any atom is -0.480 e. The molecule has 0 spiro atoms. The molecule has 1 rings (SSSR count). The van der Waals surface area contributed by atoms with Gasteiger partial charge in [0.05, 0.1) is 6.04 Å². The quantitative estimate of drug-likeness (QED) is 0.366. The van der Waals surface area contributed by atoms with Crippen LogP contribution in [0.3, 0.4) is 0 Å². The Morgan fingerprint density at radius 3 is 2.15 bits per heavy atom. The minimum absolute atomic E-state index is 0.108. The largest absolute Gasteiger partial charge is 0.480 e. The number of hydrogen-bond donors (Lipinski definition) is 5. The first-order valence-electron chi connectivity index (χ1n) is 9.07. The van der Waals surface area contributed by atoms with Gasteiger partial charge in [-0.15, -0.1) is 0 Å². The van der Waals surface area contributed by atoms with E-state index in [1.54, 1.807) is 0 Å². The molecule has 8 heteroatoms. The molecule has 0 saturated carbocycles. The second kappa shape index (κ2) is 11.3. The normalized spacial score (nSPS) is 14.3. The zero-order valence-electron chi connectivity index (χ0n) is 15.9. The van der Waals surface area contributed by atoms with Crippen LogP contribution in [-0.4, -0.2) is 47.6 Å². The molecule has 0 aliphatic heterocycles. The molecule has 1 aromatic carbocycles. The van der Waals surface area contributed by atoms with Crippen molar-refractivity contribution in [2.45, 2.75) is 51.2 Å². The zero-order valence-corrected chi connectivity index (χ0v) is 15.9. The van der Waals surface area contributed by atoms with Crippen LogP contribution >= 0.6 is 0 Å². The van der Waals surface area contributed by atoms with Crippen LogP contribution in [0.2, 0.25) is 0 Å². The lowest BCUT2D eigenvalue weighted by molar-refractivity contribution is -0.142. The Balaban J connectivity index is 2.75. The highest BCUT2D eigenvalue weighted by Gasteiger charge is 2.28. The van der Waals surface area contributed by atoms with E-state index in [9.17, 15) is 19.5 Å². The molecule has 0 radical (unpaired) electrons. The summed E-state index contributed by atoms with van der Waals surface area (Å²) in [6.45, 7) is 3.94. The van der Waals surface area contributed by atoms with Crippen molar-refractivity contribution in [2.75, 3.05) is 6.54 Å². The maximum absolute atomic E-state index is 12.5. The molecule has 0 aromatic heterocycles. The van der Waals surface area contributed by atoms with Gasteiger partial charge in [0.1, 0.15) is 12.1 Å². The summed E-state index contributed by atoms with van der Waals surface area (Å²) in [6.07, 6.45) is 0.815. The molecule has 0 aliphatic carbocycles. The van der Waals surface area contributed by atoms with Gasteiger partial charge in [-0.2, -0.15) is 0 Å². The third-order valence-electron chi connectivity index (χ3n) is 4.05. The van der Waals surface area contributed by atoms with Crippen molar-refractivity contribution in [3.05, 3.63) is 35.9 Å². The number of benzene rings is 1. The monoisotopic (exact) mass is 378 g/mol. The van der Waals surface area contributed by atoms with Gasteiger partial charge < -0.3 is 27.2 Å². The van der Waals surface area contributed by atoms with Crippen LogP contribution in [0.1, 0.15) is 32.3 Å². The first-order valence-corrected chi connectivity index (χ1v) is 9.07. The molecular weight excluding hydrogens is 348 g/mol. The van der Waals surface area contributed by atoms with Crippen LogP contribution in [0.4, 0.5) is 0 Å². The molecule has 0 fully saturated rings. The van der Waals surface area contributed by atoms with Gasteiger partial charge >= 0.3 is 5.97 Å². The van der Waals surface area contributed by atoms with Gasteiger partial charge in [0.25, 0.3) is 0 Å². The molecule has 0 aliphatic rings. The Labute approximate surface area is 159 Å². The number of rotatable bonds is 11. The predicted molar refractivity (Wildman–Crippen MR) is 103 cm³/mol. The van der Waals surface area contributed by atoms with Gasteiger partial charge in [-0.05, 0) is 37.3 Å². The van der Waals surface area contributed by atoms with Crippen molar-refractivity contribution in [2.24, 2.45) is 17.4 Å². The summed E-state index contributed by atoms with van der Waals surface area (Å²) >= 11 is 0. The smallest absolute Gasteiger partial charge is 0.326 e. The lowest BCUT2D eigenvalue weighted by Crippen LogP contribution is -2.55. The van der Waals surface area contributed by atoms with Crippen LogP contribution in [-0.2, 0) is 20.8 Å². The number of carboxylic acids is 1. The maximum Gasteiger partial charge on any atom is 0.326 e. The zero-order chi connectivity index (χ0) is 20.4. The Kier molecular flexibility index (Phi) is 9.46. The molecule has 1 aromatic rings. The second-order valence-corrected chi connectivity index (χ2v) is 6.96. The van der Waals surface area contributed by atoms with Gasteiger partial charge in [-0.1, -0.05) is 44.2 Å². The standard InChI is InChI=1S/C19H30N4O4/c1-12(2)10-16(18(25)22-15(8-9-20)19(26)27)23-17(24)14(21)11-13-6-4-3-5-7-13/h3-7,12,14-16H,8-11,20-21H2,1-2H3,(H,22,25)(H,23,24)(H,26,27)/t14-,15-,16-/m0/s1. The molecule has 0 saturated heterocycles. The van der Waals surface area contributed by atoms with Crippen molar-refractivity contribution >= 4 is 17.8 Å². The Bertz CT molecular complexity index is 621. The molecule has 2 amide bonds. The molecule has 27 heavy (non-hydrogen) atoms. The highest BCUT2D eigenvalue weighted by molar-refractivity contribution is 5.91. The Morgan fingerprint density at radius 1 is 1.04 bits per heavy atom. The number of aliphatic carboxylic acids is 1. The summed E-state index contributed by atoms with van der Waals surface area (Å²) in [5.74, 6) is -2.05. The molecule has 3 atom stereocenters. The highest BCUT2D eigenvalue weighted by Crippen LogP contribution is 2.08. The van der Waals surface area contributed by atoms with Crippen molar-refractivity contribution in [1.82, 2.24) is 10.6 Å². The van der Waals surface area contributed by atoms with Gasteiger partial charge in [-0.3, -0.25) is 9.59 Å². The third kappa shape index (κ3) is 8.19. The summed E-state index contributed by atoms with van der Waals surface area (Å²) in [5, 5.41) is 14.3. The van der Waals surface area contributed by atoms with Crippen LogP contribution in [0.25, 0.3) is 0 Å². The number of carbonyl (C=O) groups excluding carboxylic acids is 2. The van der Waals surface area contributed by atoms with Crippen molar-refractivity contribution < 1.29 is 19.5 Å². The molecule has 0 bridgehead atoms. The first-order chi connectivity index (χ1) is 12.7. The van der Waals surface area contributed by atoms with E-state index < -0.39 is 35.9 Å². The van der Waals surface area contributed by atoms with E-state index in [4.69, 9.17) is 11.5 Å². The number of carboxylic acid groups (broad SMARTS) is 1. The summed E-state index contributed by atoms with van der Waals surface area (Å²) in [7, 11) is 0. The second-order valence-electron chi connectivity index (χ2n) is 6.96. The highest BCUT2D eigenvalue weighted by atomic mass is 16.4. The average molecular weight is 378 g/mol. The lowest BCUT2D eigenvalue weighted by Gasteiger charge is -2.24. The Hall–Kier alpha value is -2.45. The van der Waals surface area contributed by atoms with E-state index in [1.807, 2.05) is 44.2 Å². The van der Waals surface area contributed by atoms with Crippen LogP contribution in [0, 0.1) is 5.92 Å². The van der Waals surface area contributed by atoms with Gasteiger partial charge in [-0.25, -0.2) is 4.79 Å². The van der Waals surface area contributed by atoms with Crippen LogP contribution in [0.5, 0.6) is 0 Å². The van der Waals surface area contributed by atoms with Crippen molar-refractivity contribution in [3.63, 3.8) is 0 Å². The lowest BCUT2D eigenvalue weighted by atomic mass is 10.0. The van der Waals surface area contributed by atoms with E-state index in [1.165, 1.54) is 0 Å². The predicted octanol–water partition coefficient (Wildman–Crippen LogP) is 0.00550. The van der Waals surface area contributed by atoms with E-state index in [0.29, 0.717) is 12.8 Å². The summed E-state index contributed by atoms with van der Waals surface area (Å²) in [4.78, 5) is 36.2. The van der Waals surface area contributed by atoms with Crippen LogP contribution < -0.4 is 22.1 Å². The van der Waals surface area contributed by atoms with Gasteiger partial charge in [0, 0.05) is 0 Å². The minimum atomic E-state index is -1.16. The summed E-state index contributed by atoms with van der Waals surface area (Å²) in [5.41, 5.74) is 12.3. The fraction of sp³-hybridized carbons (Fsp3) is 0.526. The first kappa shape index (κ1) is 22.6. The fourth-order valence-electron chi connectivity index (χ4n) is 2.64. The number of nitrogens with two attached hydrogens (primary N) is 2. The van der Waals surface area contributed by atoms with E-state index in [0.717, 1.165) is 5.56 Å². The molecule has 0 heterocycles. The van der Waals surface area contributed by atoms with Gasteiger partial charge in [0.2, 0.25) is 11.8 Å². The van der Waals surface area contributed by atoms with E-state index >= 15 is 0 Å². The van der Waals surface area contributed by atoms with Crippen molar-refractivity contribution in [1.29, 1.82) is 0 Å². The number of carbonyl (C=O) groups is 3. The summed E-state index contributed by atoms with van der Waals surface area (Å²) in [6, 6.07) is 6.57. The number of hydrogen-bond acceptors (Lipinski definition) is 5. The molecule has 150 valence electrons. The molecular formula is C19H30N4O4. The molecule has 0 unspecified atom stereocenters. The maximum atomic E-state index is 12.5. The Morgan fingerprint density at radius 2 is 1.63 bits per heavy atom. The van der Waals surface area contributed by atoms with E-state index in [-0.39, 0.29) is 18.9 Å². The fourth-order valence-corrected chi connectivity index (χ4v) is 2.64. The SMILES string of the molecule is CC(C)C[C@H](NC(=O)[C@@H](N)Cc1ccccc1)C(=O)N[C@@H](CCN)C(=O)O. The van der Waals surface area contributed by atoms with Gasteiger partial charge in [0.15, 0.2) is 0 Å². The molecule has 7 N–H and O–H groups in total. The molecule has 8 nitrogen and oxygen atoms in total. The number of nitrogens with one attached hydrogen (secondary N) is 2. The topological polar surface area (TPSA) is 148 Å². The third-order valence-corrected chi connectivity index (χ3v) is 4.05.